The van der Waals surface area contributed by atoms with E-state index in [1.165, 1.54) is 15.5 Å². The van der Waals surface area contributed by atoms with Gasteiger partial charge in [-0.25, -0.2) is 4.98 Å². The number of hydrogen-bond acceptors (Lipinski definition) is 3. The second-order valence-electron chi connectivity index (χ2n) is 6.22. The summed E-state index contributed by atoms with van der Waals surface area (Å²) in [6, 6.07) is 31.5. The molecule has 0 aliphatic carbocycles. The summed E-state index contributed by atoms with van der Waals surface area (Å²) >= 11 is 1.73. The molecule has 0 fully saturated rings. The van der Waals surface area contributed by atoms with Gasteiger partial charge in [0, 0.05) is 22.3 Å². The maximum Gasteiger partial charge on any atom is 0.124 e. The van der Waals surface area contributed by atoms with Gasteiger partial charge in [-0.3, -0.25) is 0 Å². The molecule has 4 aromatic carbocycles. The quantitative estimate of drug-likeness (QED) is 0.383. The fourth-order valence-corrected chi connectivity index (χ4v) is 4.15. The number of aromatic nitrogens is 1. The van der Waals surface area contributed by atoms with E-state index in [9.17, 15) is 0 Å². The molecule has 0 radical (unpaired) electrons. The second kappa shape index (κ2) is 6.28. The van der Waals surface area contributed by atoms with Crippen molar-refractivity contribution < 1.29 is 0 Å². The molecule has 0 unspecified atom stereocenters. The van der Waals surface area contributed by atoms with Crippen LogP contribution in [0.3, 0.4) is 0 Å². The summed E-state index contributed by atoms with van der Waals surface area (Å²) in [6.07, 6.45) is 0. The average molecular weight is 352 g/mol. The predicted octanol–water partition coefficient (Wildman–Crippen LogP) is 6.86. The molecule has 0 aliphatic heterocycles. The van der Waals surface area contributed by atoms with E-state index in [1.54, 1.807) is 11.3 Å². The van der Waals surface area contributed by atoms with Crippen LogP contribution >= 0.6 is 11.3 Å². The lowest BCUT2D eigenvalue weighted by molar-refractivity contribution is 1.47. The minimum Gasteiger partial charge on any atom is -0.355 e. The maximum absolute atomic E-state index is 4.74. The summed E-state index contributed by atoms with van der Waals surface area (Å²) in [7, 11) is 0. The van der Waals surface area contributed by atoms with Crippen LogP contribution in [0.5, 0.6) is 0 Å². The van der Waals surface area contributed by atoms with Gasteiger partial charge in [-0.1, -0.05) is 48.5 Å². The number of thiazole rings is 1. The van der Waals surface area contributed by atoms with Crippen molar-refractivity contribution in [2.45, 2.75) is 0 Å². The van der Waals surface area contributed by atoms with E-state index in [2.05, 4.69) is 90.2 Å². The first-order valence-electron chi connectivity index (χ1n) is 8.58. The van der Waals surface area contributed by atoms with Crippen LogP contribution in [-0.4, -0.2) is 4.98 Å². The molecular weight excluding hydrogens is 336 g/mol. The Morgan fingerprint density at radius 3 is 2.35 bits per heavy atom. The van der Waals surface area contributed by atoms with Gasteiger partial charge in [0.15, 0.2) is 0 Å². The highest BCUT2D eigenvalue weighted by molar-refractivity contribution is 7.21. The Labute approximate surface area is 155 Å². The van der Waals surface area contributed by atoms with E-state index < -0.39 is 0 Å². The highest BCUT2D eigenvalue weighted by Crippen LogP contribution is 2.32. The summed E-state index contributed by atoms with van der Waals surface area (Å²) in [4.78, 5) is 4.74. The van der Waals surface area contributed by atoms with Gasteiger partial charge in [0.2, 0.25) is 0 Å². The third kappa shape index (κ3) is 2.72. The number of anilines is 2. The van der Waals surface area contributed by atoms with Crippen LogP contribution in [0, 0.1) is 0 Å². The number of para-hydroxylation sites is 1. The highest BCUT2D eigenvalue weighted by Gasteiger charge is 2.06. The van der Waals surface area contributed by atoms with Gasteiger partial charge < -0.3 is 5.32 Å². The average Bonchev–Trinajstić information content (AvgIpc) is 3.13. The number of nitrogens with one attached hydrogen (secondary N) is 1. The lowest BCUT2D eigenvalue weighted by atomic mass is 10.1. The van der Waals surface area contributed by atoms with Crippen molar-refractivity contribution in [2.24, 2.45) is 0 Å². The third-order valence-corrected chi connectivity index (χ3v) is 5.58. The molecule has 0 amide bonds. The molecule has 5 rings (SSSR count). The third-order valence-electron chi connectivity index (χ3n) is 4.49. The van der Waals surface area contributed by atoms with E-state index in [0.717, 1.165) is 27.5 Å². The molecule has 1 heterocycles. The molecular formula is C23H16N2S. The van der Waals surface area contributed by atoms with Crippen molar-refractivity contribution in [2.75, 3.05) is 5.32 Å². The molecule has 0 bridgehead atoms. The van der Waals surface area contributed by atoms with Crippen molar-refractivity contribution in [1.82, 2.24) is 4.98 Å². The van der Waals surface area contributed by atoms with Crippen LogP contribution in [-0.2, 0) is 0 Å². The molecule has 0 atom stereocenters. The van der Waals surface area contributed by atoms with Crippen LogP contribution in [0.1, 0.15) is 0 Å². The number of rotatable bonds is 3. The zero-order valence-electron chi connectivity index (χ0n) is 14.0. The Kier molecular flexibility index (Phi) is 3.65. The lowest BCUT2D eigenvalue weighted by Gasteiger charge is -2.10. The Morgan fingerprint density at radius 2 is 1.46 bits per heavy atom. The molecule has 0 saturated carbocycles. The fraction of sp³-hybridized carbons (Fsp3) is 0. The molecule has 0 saturated heterocycles. The summed E-state index contributed by atoms with van der Waals surface area (Å²) in [5.41, 5.74) is 4.40. The van der Waals surface area contributed by atoms with Crippen LogP contribution < -0.4 is 5.32 Å². The first kappa shape index (κ1) is 15.1. The van der Waals surface area contributed by atoms with Crippen molar-refractivity contribution in [3.63, 3.8) is 0 Å². The van der Waals surface area contributed by atoms with Gasteiger partial charge in [-0.05, 0) is 47.9 Å². The molecule has 3 heteroatoms. The van der Waals surface area contributed by atoms with E-state index in [1.807, 2.05) is 6.07 Å². The molecule has 124 valence electrons. The Hall–Kier alpha value is -3.17. The number of fused-ring (bicyclic) bond motifs is 2. The smallest absolute Gasteiger partial charge is 0.124 e. The highest BCUT2D eigenvalue weighted by atomic mass is 32.1. The van der Waals surface area contributed by atoms with E-state index in [0.29, 0.717) is 0 Å². The van der Waals surface area contributed by atoms with Crippen LogP contribution in [0.25, 0.3) is 31.6 Å². The Bertz CT molecular complexity index is 1170. The summed E-state index contributed by atoms with van der Waals surface area (Å²) in [6.45, 7) is 0. The zero-order chi connectivity index (χ0) is 17.3. The van der Waals surface area contributed by atoms with E-state index in [-0.39, 0.29) is 0 Å². The normalized spacial score (nSPS) is 11.1. The van der Waals surface area contributed by atoms with Crippen molar-refractivity contribution in [1.29, 1.82) is 0 Å². The molecule has 0 aliphatic rings. The minimum absolute atomic E-state index is 1.06. The van der Waals surface area contributed by atoms with Crippen molar-refractivity contribution >= 4 is 43.7 Å². The molecule has 1 N–H and O–H groups in total. The van der Waals surface area contributed by atoms with Crippen molar-refractivity contribution in [3.05, 3.63) is 91.0 Å². The fourth-order valence-electron chi connectivity index (χ4n) is 3.18. The Balaban J connectivity index is 1.46. The lowest BCUT2D eigenvalue weighted by Crippen LogP contribution is -1.91. The van der Waals surface area contributed by atoms with Crippen LogP contribution in [0.15, 0.2) is 91.0 Å². The largest absolute Gasteiger partial charge is 0.355 e. The summed E-state index contributed by atoms with van der Waals surface area (Å²) in [5, 5.41) is 7.06. The molecule has 2 nitrogen and oxygen atoms in total. The zero-order valence-corrected chi connectivity index (χ0v) is 14.8. The maximum atomic E-state index is 4.74. The Morgan fingerprint density at radius 1 is 0.692 bits per heavy atom. The van der Waals surface area contributed by atoms with Gasteiger partial charge in [-0.15, -0.1) is 11.3 Å². The molecule has 1 aromatic heterocycles. The second-order valence-corrected chi connectivity index (χ2v) is 7.25. The number of benzene rings is 4. The van der Waals surface area contributed by atoms with Crippen LogP contribution in [0.2, 0.25) is 0 Å². The van der Waals surface area contributed by atoms with E-state index >= 15 is 0 Å². The SMILES string of the molecule is c1ccc2c(Nc3ccc(-c4nc5ccccc5s4)cc3)cccc2c1. The molecule has 26 heavy (non-hydrogen) atoms. The predicted molar refractivity (Wildman–Crippen MR) is 112 cm³/mol. The minimum atomic E-state index is 1.06. The van der Waals surface area contributed by atoms with Gasteiger partial charge >= 0.3 is 0 Å². The first-order valence-corrected chi connectivity index (χ1v) is 9.39. The van der Waals surface area contributed by atoms with Gasteiger partial charge in [0.25, 0.3) is 0 Å². The van der Waals surface area contributed by atoms with Crippen LogP contribution in [0.4, 0.5) is 11.4 Å². The number of nitrogens with zero attached hydrogens (tertiary/aromatic N) is 1. The van der Waals surface area contributed by atoms with Gasteiger partial charge in [0.05, 0.1) is 10.2 Å². The van der Waals surface area contributed by atoms with Crippen molar-refractivity contribution in [3.8, 4) is 10.6 Å². The first-order chi connectivity index (χ1) is 12.9. The molecule has 0 spiro atoms. The standard InChI is InChI=1S/C23H16N2S/c1-2-8-19-16(6-1)7-5-10-20(19)24-18-14-12-17(13-15-18)23-25-21-9-3-4-11-22(21)26-23/h1-15,24H. The summed E-state index contributed by atoms with van der Waals surface area (Å²) < 4.78 is 1.22. The van der Waals surface area contributed by atoms with Gasteiger partial charge in [-0.2, -0.15) is 0 Å². The van der Waals surface area contributed by atoms with Gasteiger partial charge in [0.1, 0.15) is 5.01 Å². The monoisotopic (exact) mass is 352 g/mol. The summed E-state index contributed by atoms with van der Waals surface area (Å²) in [5.74, 6) is 0. The number of hydrogen-bond donors (Lipinski definition) is 1. The topological polar surface area (TPSA) is 24.9 Å². The van der Waals surface area contributed by atoms with E-state index in [4.69, 9.17) is 4.98 Å². The molecule has 5 aromatic rings.